The predicted octanol–water partition coefficient (Wildman–Crippen LogP) is 4.58. The van der Waals surface area contributed by atoms with E-state index >= 15 is 0 Å². The van der Waals surface area contributed by atoms with E-state index in [4.69, 9.17) is 11.6 Å². The molecule has 0 nitrogen and oxygen atoms in total. The van der Waals surface area contributed by atoms with E-state index in [0.29, 0.717) is 5.92 Å². The smallest absolute Gasteiger partial charge is 0.0587 e. The van der Waals surface area contributed by atoms with E-state index in [1.165, 1.54) is 11.1 Å². The third kappa shape index (κ3) is 3.34. The van der Waals surface area contributed by atoms with E-state index in [0.717, 1.165) is 12.8 Å². The Balaban J connectivity index is 2.66. The third-order valence-corrected chi connectivity index (χ3v) is 2.86. The molecule has 0 fully saturated rings. The zero-order valence-corrected chi connectivity index (χ0v) is 10.0. The van der Waals surface area contributed by atoms with Crippen LogP contribution in [0.4, 0.5) is 0 Å². The molecule has 0 bridgehead atoms. The van der Waals surface area contributed by atoms with Crippen molar-refractivity contribution in [1.82, 2.24) is 0 Å². The quantitative estimate of drug-likeness (QED) is 0.639. The number of benzene rings is 1. The molecular formula is C13H19Cl. The Morgan fingerprint density at radius 2 is 1.71 bits per heavy atom. The molecule has 0 aliphatic rings. The maximum atomic E-state index is 6.30. The Labute approximate surface area is 92.3 Å². The summed E-state index contributed by atoms with van der Waals surface area (Å²) in [6.45, 7) is 6.58. The average molecular weight is 211 g/mol. The van der Waals surface area contributed by atoms with Crippen molar-refractivity contribution in [2.24, 2.45) is 5.92 Å². The average Bonchev–Trinajstić information content (AvgIpc) is 2.17. The number of halogens is 1. The Bertz CT molecular complexity index is 261. The summed E-state index contributed by atoms with van der Waals surface area (Å²) in [6, 6.07) is 8.65. The van der Waals surface area contributed by atoms with Crippen LogP contribution in [0.1, 0.15) is 43.7 Å². The monoisotopic (exact) mass is 210 g/mol. The van der Waals surface area contributed by atoms with Gasteiger partial charge in [-0.25, -0.2) is 0 Å². The Kier molecular flexibility index (Phi) is 4.47. The SMILES string of the molecule is CCc1ccc([C@H](Cl)CC(C)C)cc1. The van der Waals surface area contributed by atoms with Gasteiger partial charge in [-0.2, -0.15) is 0 Å². The van der Waals surface area contributed by atoms with Gasteiger partial charge in [0.15, 0.2) is 0 Å². The second kappa shape index (κ2) is 5.41. The van der Waals surface area contributed by atoms with E-state index in [2.05, 4.69) is 45.0 Å². The Morgan fingerprint density at radius 3 is 2.14 bits per heavy atom. The van der Waals surface area contributed by atoms with Gasteiger partial charge in [0.25, 0.3) is 0 Å². The highest BCUT2D eigenvalue weighted by molar-refractivity contribution is 6.20. The topological polar surface area (TPSA) is 0 Å². The molecule has 1 aromatic carbocycles. The molecule has 1 rings (SSSR count). The minimum Gasteiger partial charge on any atom is -0.118 e. The summed E-state index contributed by atoms with van der Waals surface area (Å²) < 4.78 is 0. The van der Waals surface area contributed by atoms with Crippen LogP contribution in [0.15, 0.2) is 24.3 Å². The van der Waals surface area contributed by atoms with Crippen LogP contribution in [0.3, 0.4) is 0 Å². The minimum atomic E-state index is 0.168. The molecule has 0 amide bonds. The van der Waals surface area contributed by atoms with E-state index in [9.17, 15) is 0 Å². The van der Waals surface area contributed by atoms with Crippen molar-refractivity contribution < 1.29 is 0 Å². The van der Waals surface area contributed by atoms with E-state index in [1.54, 1.807) is 0 Å². The molecule has 1 atom stereocenters. The summed E-state index contributed by atoms with van der Waals surface area (Å²) in [5.74, 6) is 0.656. The number of rotatable bonds is 4. The summed E-state index contributed by atoms with van der Waals surface area (Å²) in [6.07, 6.45) is 2.14. The van der Waals surface area contributed by atoms with Gasteiger partial charge in [0, 0.05) is 0 Å². The highest BCUT2D eigenvalue weighted by Gasteiger charge is 2.09. The van der Waals surface area contributed by atoms with Gasteiger partial charge >= 0.3 is 0 Å². The van der Waals surface area contributed by atoms with Gasteiger partial charge in [-0.1, -0.05) is 45.0 Å². The van der Waals surface area contributed by atoms with Crippen molar-refractivity contribution in [3.8, 4) is 0 Å². The molecule has 0 N–H and O–H groups in total. The lowest BCUT2D eigenvalue weighted by Crippen LogP contribution is -1.96. The Morgan fingerprint density at radius 1 is 1.14 bits per heavy atom. The highest BCUT2D eigenvalue weighted by atomic mass is 35.5. The molecule has 0 saturated carbocycles. The van der Waals surface area contributed by atoms with Crippen molar-refractivity contribution >= 4 is 11.6 Å². The third-order valence-electron chi connectivity index (χ3n) is 2.43. The van der Waals surface area contributed by atoms with Crippen molar-refractivity contribution in [2.75, 3.05) is 0 Å². The zero-order valence-electron chi connectivity index (χ0n) is 9.26. The molecular weight excluding hydrogens is 192 g/mol. The van der Waals surface area contributed by atoms with Crippen LogP contribution in [0.2, 0.25) is 0 Å². The van der Waals surface area contributed by atoms with Crippen LogP contribution in [0, 0.1) is 5.92 Å². The number of aryl methyl sites for hydroxylation is 1. The molecule has 78 valence electrons. The number of hydrogen-bond donors (Lipinski definition) is 0. The maximum Gasteiger partial charge on any atom is 0.0587 e. The fourth-order valence-electron chi connectivity index (χ4n) is 1.51. The van der Waals surface area contributed by atoms with Crippen LogP contribution < -0.4 is 0 Å². The molecule has 0 aliphatic carbocycles. The molecule has 0 unspecified atom stereocenters. The van der Waals surface area contributed by atoms with Gasteiger partial charge in [-0.15, -0.1) is 11.6 Å². The molecule has 14 heavy (non-hydrogen) atoms. The lowest BCUT2D eigenvalue weighted by atomic mass is 10.0. The summed E-state index contributed by atoms with van der Waals surface area (Å²) in [4.78, 5) is 0. The first-order valence-electron chi connectivity index (χ1n) is 5.36. The highest BCUT2D eigenvalue weighted by Crippen LogP contribution is 2.27. The molecule has 0 aliphatic heterocycles. The van der Waals surface area contributed by atoms with Gasteiger partial charge in [0.05, 0.1) is 5.38 Å². The van der Waals surface area contributed by atoms with Gasteiger partial charge in [0.2, 0.25) is 0 Å². The number of hydrogen-bond acceptors (Lipinski definition) is 0. The van der Waals surface area contributed by atoms with Crippen LogP contribution in [-0.4, -0.2) is 0 Å². The first-order chi connectivity index (χ1) is 6.63. The van der Waals surface area contributed by atoms with Gasteiger partial charge < -0.3 is 0 Å². The van der Waals surface area contributed by atoms with Crippen molar-refractivity contribution in [3.05, 3.63) is 35.4 Å². The van der Waals surface area contributed by atoms with E-state index in [-0.39, 0.29) is 5.38 Å². The predicted molar refractivity (Wildman–Crippen MR) is 63.9 cm³/mol. The van der Waals surface area contributed by atoms with Crippen LogP contribution in [0.5, 0.6) is 0 Å². The molecule has 1 heteroatoms. The molecule has 0 heterocycles. The van der Waals surface area contributed by atoms with Crippen molar-refractivity contribution in [1.29, 1.82) is 0 Å². The zero-order chi connectivity index (χ0) is 10.6. The van der Waals surface area contributed by atoms with Gasteiger partial charge in [-0.3, -0.25) is 0 Å². The lowest BCUT2D eigenvalue weighted by Gasteiger charge is -2.12. The summed E-state index contributed by atoms with van der Waals surface area (Å²) >= 11 is 6.30. The minimum absolute atomic E-state index is 0.168. The Hall–Kier alpha value is -0.490. The maximum absolute atomic E-state index is 6.30. The van der Waals surface area contributed by atoms with Crippen LogP contribution >= 0.6 is 11.6 Å². The molecule has 0 saturated heterocycles. The van der Waals surface area contributed by atoms with E-state index < -0.39 is 0 Å². The second-order valence-electron chi connectivity index (χ2n) is 4.19. The first-order valence-corrected chi connectivity index (χ1v) is 5.80. The fraction of sp³-hybridized carbons (Fsp3) is 0.538. The van der Waals surface area contributed by atoms with Crippen molar-refractivity contribution in [2.45, 2.75) is 39.0 Å². The summed E-state index contributed by atoms with van der Waals surface area (Å²) in [7, 11) is 0. The van der Waals surface area contributed by atoms with Crippen LogP contribution in [0.25, 0.3) is 0 Å². The van der Waals surface area contributed by atoms with Gasteiger partial charge in [-0.05, 0) is 29.9 Å². The fourth-order valence-corrected chi connectivity index (χ4v) is 2.01. The largest absolute Gasteiger partial charge is 0.118 e. The summed E-state index contributed by atoms with van der Waals surface area (Å²) in [5, 5.41) is 0.168. The summed E-state index contributed by atoms with van der Waals surface area (Å²) in [5.41, 5.74) is 2.62. The first kappa shape index (κ1) is 11.6. The molecule has 0 radical (unpaired) electrons. The van der Waals surface area contributed by atoms with Gasteiger partial charge in [0.1, 0.15) is 0 Å². The molecule has 0 spiro atoms. The molecule has 1 aromatic rings. The molecule has 0 aromatic heterocycles. The normalized spacial score (nSPS) is 13.2. The van der Waals surface area contributed by atoms with E-state index in [1.807, 2.05) is 0 Å². The van der Waals surface area contributed by atoms with Crippen LogP contribution in [-0.2, 0) is 6.42 Å². The standard InChI is InChI=1S/C13H19Cl/c1-4-11-5-7-12(8-6-11)13(14)9-10(2)3/h5-8,10,13H,4,9H2,1-3H3/t13-/m1/s1. The second-order valence-corrected chi connectivity index (χ2v) is 4.72. The number of alkyl halides is 1. The van der Waals surface area contributed by atoms with Crippen molar-refractivity contribution in [3.63, 3.8) is 0 Å². The lowest BCUT2D eigenvalue weighted by molar-refractivity contribution is 0.575.